The summed E-state index contributed by atoms with van der Waals surface area (Å²) in [5, 5.41) is 16.7. The number of aryl methyl sites for hydroxylation is 1. The summed E-state index contributed by atoms with van der Waals surface area (Å²) in [6.45, 7) is 3.14. The van der Waals surface area contributed by atoms with Gasteiger partial charge in [0.25, 0.3) is 0 Å². The summed E-state index contributed by atoms with van der Waals surface area (Å²) in [6, 6.07) is 11.6. The summed E-state index contributed by atoms with van der Waals surface area (Å²) in [4.78, 5) is 20.6. The van der Waals surface area contributed by atoms with Gasteiger partial charge < -0.3 is 24.5 Å². The van der Waals surface area contributed by atoms with E-state index in [9.17, 15) is 17.6 Å². The number of hydrogen-bond acceptors (Lipinski definition) is 8. The zero-order valence-corrected chi connectivity index (χ0v) is 33.6. The molecule has 0 amide bonds. The number of halogens is 1. The standard InChI is InChI=1S/C21H25FO5S.CH2O3.2Cs/c1-5-27-20(23)21(2,28(4,24)25)13-12-16-6-7-17(14-19(16)26-3)15-8-10-18(22)11-9-15;2-1(3)4;;/h6-11,14H,5,12-13H2,1-4H3;(H2,2,3,4);;/q;;2*+1/p-2. The first-order valence-electron chi connectivity index (χ1n) is 9.53. The van der Waals surface area contributed by atoms with Crippen LogP contribution in [0.1, 0.15) is 25.8 Å². The molecule has 1 unspecified atom stereocenters. The Morgan fingerprint density at radius 3 is 1.97 bits per heavy atom. The van der Waals surface area contributed by atoms with Crippen LogP contribution in [0.3, 0.4) is 0 Å². The summed E-state index contributed by atoms with van der Waals surface area (Å²) in [5.74, 6) is -0.493. The molecule has 0 N–H and O–H groups in total. The van der Waals surface area contributed by atoms with Crippen LogP contribution in [0.25, 0.3) is 11.1 Å². The number of sulfone groups is 1. The average molecular weight is 734 g/mol. The van der Waals surface area contributed by atoms with E-state index in [0.717, 1.165) is 22.9 Å². The van der Waals surface area contributed by atoms with Crippen LogP contribution in [-0.4, -0.2) is 45.3 Å². The van der Waals surface area contributed by atoms with Crippen LogP contribution in [0.2, 0.25) is 0 Å². The van der Waals surface area contributed by atoms with Gasteiger partial charge in [-0.3, -0.25) is 4.79 Å². The number of hydrogen-bond donors (Lipinski definition) is 0. The van der Waals surface area contributed by atoms with Gasteiger partial charge in [0.15, 0.2) is 14.6 Å². The molecule has 0 radical (unpaired) electrons. The van der Waals surface area contributed by atoms with E-state index in [1.807, 2.05) is 18.2 Å². The van der Waals surface area contributed by atoms with E-state index in [4.69, 9.17) is 24.5 Å². The molecule has 0 saturated carbocycles. The Labute approximate surface area is 317 Å². The molecular formula is C22H25Cs2FO8S. The summed E-state index contributed by atoms with van der Waals surface area (Å²) in [7, 11) is -2.16. The van der Waals surface area contributed by atoms with Gasteiger partial charge in [0.1, 0.15) is 11.6 Å². The third-order valence-electron chi connectivity index (χ3n) is 4.86. The van der Waals surface area contributed by atoms with Crippen molar-refractivity contribution in [3.05, 3.63) is 53.8 Å². The van der Waals surface area contributed by atoms with Crippen LogP contribution in [0.4, 0.5) is 9.18 Å². The monoisotopic (exact) mass is 734 g/mol. The van der Waals surface area contributed by atoms with Crippen molar-refractivity contribution < 1.29 is 180 Å². The van der Waals surface area contributed by atoms with Gasteiger partial charge in [-0.05, 0) is 67.7 Å². The second-order valence-corrected chi connectivity index (χ2v) is 9.45. The predicted molar refractivity (Wildman–Crippen MR) is 112 cm³/mol. The Morgan fingerprint density at radius 1 is 1.03 bits per heavy atom. The maximum atomic E-state index is 13.1. The SMILES string of the molecule is CCOC(=O)C(C)(CCc1ccc(-c2ccc(F)cc2)cc1OC)S(C)(=O)=O.O=C([O-])[O-].[Cs+].[Cs+]. The second kappa shape index (κ2) is 17.5. The molecule has 8 nitrogen and oxygen atoms in total. The number of ether oxygens (including phenoxy) is 2. The predicted octanol–water partition coefficient (Wildman–Crippen LogP) is -4.64. The van der Waals surface area contributed by atoms with E-state index in [1.165, 1.54) is 26.2 Å². The molecule has 12 heteroatoms. The van der Waals surface area contributed by atoms with Crippen molar-refractivity contribution in [2.24, 2.45) is 0 Å². The first-order chi connectivity index (χ1) is 14.9. The number of carbonyl (C=O) groups excluding carboxylic acids is 2. The van der Waals surface area contributed by atoms with Crippen LogP contribution in [0.5, 0.6) is 5.75 Å². The molecule has 0 saturated heterocycles. The third kappa shape index (κ3) is 11.6. The van der Waals surface area contributed by atoms with Crippen LogP contribution in [-0.2, 0) is 25.8 Å². The van der Waals surface area contributed by atoms with E-state index in [0.29, 0.717) is 12.2 Å². The van der Waals surface area contributed by atoms with Gasteiger partial charge in [-0.2, -0.15) is 0 Å². The summed E-state index contributed by atoms with van der Waals surface area (Å²) in [5.41, 5.74) is 2.45. The van der Waals surface area contributed by atoms with Crippen LogP contribution in [0.15, 0.2) is 42.5 Å². The minimum absolute atomic E-state index is 0. The topological polar surface area (TPSA) is 133 Å². The molecule has 0 aromatic heterocycles. The molecule has 2 rings (SSSR count). The number of esters is 1. The smallest absolute Gasteiger partial charge is 0.652 e. The molecule has 0 aliphatic rings. The van der Waals surface area contributed by atoms with Crippen molar-refractivity contribution in [3.8, 4) is 16.9 Å². The van der Waals surface area contributed by atoms with Crippen molar-refractivity contribution in [1.29, 1.82) is 0 Å². The van der Waals surface area contributed by atoms with E-state index in [1.54, 1.807) is 19.1 Å². The average Bonchev–Trinajstić information content (AvgIpc) is 2.71. The minimum atomic E-state index is -3.68. The Hall–Kier alpha value is 0.964. The van der Waals surface area contributed by atoms with Crippen molar-refractivity contribution in [2.75, 3.05) is 20.0 Å². The van der Waals surface area contributed by atoms with Crippen molar-refractivity contribution in [2.45, 2.75) is 31.4 Å². The van der Waals surface area contributed by atoms with E-state index in [-0.39, 0.29) is 157 Å². The van der Waals surface area contributed by atoms with Gasteiger partial charge in [-0.25, -0.2) is 12.8 Å². The van der Waals surface area contributed by atoms with Crippen LogP contribution < -0.4 is 153 Å². The largest absolute Gasteiger partial charge is 1.00 e. The number of benzene rings is 2. The fraction of sp³-hybridized carbons (Fsp3) is 0.364. The number of carbonyl (C=O) groups is 2. The Bertz CT molecular complexity index is 1040. The zero-order valence-electron chi connectivity index (χ0n) is 20.2. The van der Waals surface area contributed by atoms with E-state index >= 15 is 0 Å². The third-order valence-corrected chi connectivity index (χ3v) is 6.87. The van der Waals surface area contributed by atoms with Crippen molar-refractivity contribution in [3.63, 3.8) is 0 Å². The van der Waals surface area contributed by atoms with Crippen LogP contribution >= 0.6 is 0 Å². The van der Waals surface area contributed by atoms with Gasteiger partial charge >= 0.3 is 144 Å². The zero-order chi connectivity index (χ0) is 24.5. The first-order valence-corrected chi connectivity index (χ1v) is 11.4. The van der Waals surface area contributed by atoms with Gasteiger partial charge in [0.2, 0.25) is 0 Å². The molecule has 0 fully saturated rings. The molecule has 0 aliphatic carbocycles. The fourth-order valence-electron chi connectivity index (χ4n) is 2.87. The Kier molecular flexibility index (Phi) is 19.1. The Balaban J connectivity index is 0. The summed E-state index contributed by atoms with van der Waals surface area (Å²) < 4.78 is 46.4. The molecule has 176 valence electrons. The maximum Gasteiger partial charge on any atom is 1.00 e. The number of carboxylic acid groups (broad SMARTS) is 2. The fourth-order valence-corrected chi connectivity index (χ4v) is 3.70. The van der Waals surface area contributed by atoms with Gasteiger partial charge in [-0.15, -0.1) is 0 Å². The second-order valence-electron chi connectivity index (χ2n) is 7.01. The molecule has 0 bridgehead atoms. The van der Waals surface area contributed by atoms with Gasteiger partial charge in [0.05, 0.1) is 13.7 Å². The maximum absolute atomic E-state index is 13.1. The summed E-state index contributed by atoms with van der Waals surface area (Å²) >= 11 is 0. The van der Waals surface area contributed by atoms with Crippen LogP contribution in [0, 0.1) is 5.82 Å². The molecular weight excluding hydrogens is 709 g/mol. The molecule has 2 aromatic carbocycles. The first kappa shape index (κ1) is 37.1. The van der Waals surface area contributed by atoms with E-state index < -0.39 is 26.7 Å². The molecule has 0 aliphatic heterocycles. The normalized spacial score (nSPS) is 11.9. The van der Waals surface area contributed by atoms with E-state index in [2.05, 4.69) is 0 Å². The minimum Gasteiger partial charge on any atom is -0.652 e. The number of rotatable bonds is 8. The van der Waals surface area contributed by atoms with Gasteiger partial charge in [-0.1, -0.05) is 24.3 Å². The van der Waals surface area contributed by atoms with Gasteiger partial charge in [0, 0.05) is 6.26 Å². The molecule has 1 atom stereocenters. The van der Waals surface area contributed by atoms with Crippen molar-refractivity contribution >= 4 is 22.0 Å². The summed E-state index contributed by atoms with van der Waals surface area (Å²) in [6.07, 6.45) is -0.912. The number of methoxy groups -OCH3 is 1. The molecule has 0 spiro atoms. The molecule has 34 heavy (non-hydrogen) atoms. The van der Waals surface area contributed by atoms with Crippen molar-refractivity contribution in [1.82, 2.24) is 0 Å². The Morgan fingerprint density at radius 2 is 1.53 bits per heavy atom. The molecule has 2 aromatic rings. The molecule has 0 heterocycles. The quantitative estimate of drug-likeness (QED) is 0.248.